The van der Waals surface area contributed by atoms with Crippen molar-refractivity contribution < 1.29 is 19.5 Å². The van der Waals surface area contributed by atoms with E-state index in [1.165, 1.54) is 12.2 Å². The van der Waals surface area contributed by atoms with Gasteiger partial charge < -0.3 is 15.3 Å². The van der Waals surface area contributed by atoms with Gasteiger partial charge in [0.05, 0.1) is 6.61 Å². The van der Waals surface area contributed by atoms with Crippen LogP contribution >= 0.6 is 0 Å². The van der Waals surface area contributed by atoms with E-state index in [1.807, 2.05) is 0 Å². The Hall–Kier alpha value is -1.73. The van der Waals surface area contributed by atoms with Crippen molar-refractivity contribution in [2.75, 3.05) is 32.8 Å². The van der Waals surface area contributed by atoms with Gasteiger partial charge in [0, 0.05) is 50.8 Å². The third-order valence-corrected chi connectivity index (χ3v) is 3.28. The number of imide groups is 1. The Balaban J connectivity index is 1.81. The SMILES string of the molecule is O=C(CCN1C(=O)C=CC1=O)N1CCNC(CO)C1. The fourth-order valence-electron chi connectivity index (χ4n) is 2.19. The van der Waals surface area contributed by atoms with Crippen molar-refractivity contribution in [2.24, 2.45) is 0 Å². The molecule has 0 bridgehead atoms. The summed E-state index contributed by atoms with van der Waals surface area (Å²) in [6.07, 6.45) is 2.54. The molecule has 1 unspecified atom stereocenters. The summed E-state index contributed by atoms with van der Waals surface area (Å²) in [6.45, 7) is 1.76. The Morgan fingerprint density at radius 1 is 1.37 bits per heavy atom. The van der Waals surface area contributed by atoms with Crippen LogP contribution in [0.3, 0.4) is 0 Å². The lowest BCUT2D eigenvalue weighted by atomic mass is 10.2. The molecule has 2 N–H and O–H groups in total. The smallest absolute Gasteiger partial charge is 0.253 e. The molecule has 2 aliphatic heterocycles. The van der Waals surface area contributed by atoms with Gasteiger partial charge >= 0.3 is 0 Å². The number of hydrogen-bond donors (Lipinski definition) is 2. The Morgan fingerprint density at radius 2 is 2.05 bits per heavy atom. The van der Waals surface area contributed by atoms with Crippen LogP contribution in [0.5, 0.6) is 0 Å². The lowest BCUT2D eigenvalue weighted by Gasteiger charge is -2.33. The minimum Gasteiger partial charge on any atom is -0.395 e. The standard InChI is InChI=1S/C12H17N3O4/c16-8-9-7-14(6-4-13-9)10(17)3-5-15-11(18)1-2-12(15)19/h1-2,9,13,16H,3-8H2. The summed E-state index contributed by atoms with van der Waals surface area (Å²) in [5.41, 5.74) is 0. The molecule has 7 heteroatoms. The van der Waals surface area contributed by atoms with E-state index in [9.17, 15) is 14.4 Å². The third kappa shape index (κ3) is 3.18. The van der Waals surface area contributed by atoms with Crippen LogP contribution in [0.2, 0.25) is 0 Å². The molecule has 2 heterocycles. The second-order valence-corrected chi connectivity index (χ2v) is 4.58. The first kappa shape index (κ1) is 13.7. The zero-order chi connectivity index (χ0) is 13.8. The predicted molar refractivity (Wildman–Crippen MR) is 65.9 cm³/mol. The van der Waals surface area contributed by atoms with Gasteiger partial charge in [-0.1, -0.05) is 0 Å². The van der Waals surface area contributed by atoms with Gasteiger partial charge in [-0.05, 0) is 0 Å². The summed E-state index contributed by atoms with van der Waals surface area (Å²) in [6, 6.07) is -0.102. The minimum atomic E-state index is -0.369. The molecule has 2 rings (SSSR count). The molecule has 104 valence electrons. The first-order chi connectivity index (χ1) is 9.11. The monoisotopic (exact) mass is 267 g/mol. The molecular weight excluding hydrogens is 250 g/mol. The van der Waals surface area contributed by atoms with Crippen LogP contribution in [0.4, 0.5) is 0 Å². The molecule has 0 aromatic rings. The number of rotatable bonds is 4. The van der Waals surface area contributed by atoms with Gasteiger partial charge in [0.25, 0.3) is 11.8 Å². The van der Waals surface area contributed by atoms with Crippen LogP contribution in [-0.4, -0.2) is 71.5 Å². The maximum Gasteiger partial charge on any atom is 0.253 e. The molecule has 1 saturated heterocycles. The number of piperazine rings is 1. The van der Waals surface area contributed by atoms with Crippen LogP contribution in [0, 0.1) is 0 Å². The molecule has 0 saturated carbocycles. The van der Waals surface area contributed by atoms with Crippen LogP contribution in [0.1, 0.15) is 6.42 Å². The van der Waals surface area contributed by atoms with E-state index in [4.69, 9.17) is 5.11 Å². The Bertz CT molecular complexity index is 403. The molecule has 0 aromatic carbocycles. The van der Waals surface area contributed by atoms with Gasteiger partial charge in [-0.15, -0.1) is 0 Å². The van der Waals surface area contributed by atoms with Gasteiger partial charge in [0.2, 0.25) is 5.91 Å². The van der Waals surface area contributed by atoms with E-state index in [2.05, 4.69) is 5.32 Å². The molecule has 0 aliphatic carbocycles. The fraction of sp³-hybridized carbons (Fsp3) is 0.583. The normalized spacial score (nSPS) is 23.3. The summed E-state index contributed by atoms with van der Waals surface area (Å²) in [5.74, 6) is -0.842. The van der Waals surface area contributed by atoms with E-state index >= 15 is 0 Å². The highest BCUT2D eigenvalue weighted by Gasteiger charge is 2.26. The van der Waals surface area contributed by atoms with Crippen molar-refractivity contribution in [2.45, 2.75) is 12.5 Å². The Kier molecular flexibility index (Phi) is 4.28. The average molecular weight is 267 g/mol. The number of carbonyl (C=O) groups excluding carboxylic acids is 3. The number of amides is 3. The van der Waals surface area contributed by atoms with Crippen molar-refractivity contribution in [3.05, 3.63) is 12.2 Å². The van der Waals surface area contributed by atoms with Gasteiger partial charge in [0.15, 0.2) is 0 Å². The lowest BCUT2D eigenvalue weighted by Crippen LogP contribution is -2.54. The molecule has 3 amide bonds. The largest absolute Gasteiger partial charge is 0.395 e. The van der Waals surface area contributed by atoms with Crippen molar-refractivity contribution >= 4 is 17.7 Å². The van der Waals surface area contributed by atoms with Crippen LogP contribution in [0.25, 0.3) is 0 Å². The van der Waals surface area contributed by atoms with Crippen molar-refractivity contribution in [1.82, 2.24) is 15.1 Å². The molecule has 2 aliphatic rings. The zero-order valence-electron chi connectivity index (χ0n) is 10.5. The number of aliphatic hydroxyl groups is 1. The molecule has 0 radical (unpaired) electrons. The summed E-state index contributed by atoms with van der Waals surface area (Å²) in [4.78, 5) is 37.3. The second-order valence-electron chi connectivity index (χ2n) is 4.58. The summed E-state index contributed by atoms with van der Waals surface area (Å²) >= 11 is 0. The second kappa shape index (κ2) is 5.94. The topological polar surface area (TPSA) is 90.0 Å². The van der Waals surface area contributed by atoms with Gasteiger partial charge in [-0.3, -0.25) is 19.3 Å². The number of aliphatic hydroxyl groups excluding tert-OH is 1. The number of hydrogen-bond acceptors (Lipinski definition) is 5. The maximum atomic E-state index is 12.0. The first-order valence-electron chi connectivity index (χ1n) is 6.27. The predicted octanol–water partition coefficient (Wildman–Crippen LogP) is -1.91. The molecule has 1 atom stereocenters. The van der Waals surface area contributed by atoms with E-state index in [0.29, 0.717) is 19.6 Å². The minimum absolute atomic E-state index is 0.0171. The molecule has 0 spiro atoms. The molecule has 1 fully saturated rings. The van der Waals surface area contributed by atoms with Gasteiger partial charge in [-0.25, -0.2) is 0 Å². The molecular formula is C12H17N3O4. The molecule has 19 heavy (non-hydrogen) atoms. The lowest BCUT2D eigenvalue weighted by molar-refractivity contribution is -0.138. The van der Waals surface area contributed by atoms with E-state index in [-0.39, 0.29) is 43.3 Å². The zero-order valence-corrected chi connectivity index (χ0v) is 10.5. The van der Waals surface area contributed by atoms with Crippen LogP contribution in [-0.2, 0) is 14.4 Å². The first-order valence-corrected chi connectivity index (χ1v) is 6.27. The van der Waals surface area contributed by atoms with Crippen molar-refractivity contribution in [3.63, 3.8) is 0 Å². The molecule has 7 nitrogen and oxygen atoms in total. The Labute approximate surface area is 110 Å². The van der Waals surface area contributed by atoms with Crippen molar-refractivity contribution in [3.8, 4) is 0 Å². The number of nitrogens with zero attached hydrogens (tertiary/aromatic N) is 2. The maximum absolute atomic E-state index is 12.0. The highest BCUT2D eigenvalue weighted by atomic mass is 16.3. The highest BCUT2D eigenvalue weighted by molar-refractivity contribution is 6.13. The fourth-order valence-corrected chi connectivity index (χ4v) is 2.19. The summed E-state index contributed by atoms with van der Waals surface area (Å²) in [7, 11) is 0. The van der Waals surface area contributed by atoms with Crippen LogP contribution < -0.4 is 5.32 Å². The van der Waals surface area contributed by atoms with Gasteiger partial charge in [0.1, 0.15) is 0 Å². The number of carbonyl (C=O) groups is 3. The van der Waals surface area contributed by atoms with E-state index in [0.717, 1.165) is 4.90 Å². The average Bonchev–Trinajstić information content (AvgIpc) is 2.75. The summed E-state index contributed by atoms with van der Waals surface area (Å²) in [5, 5.41) is 12.1. The highest BCUT2D eigenvalue weighted by Crippen LogP contribution is 2.07. The van der Waals surface area contributed by atoms with Gasteiger partial charge in [-0.2, -0.15) is 0 Å². The Morgan fingerprint density at radius 3 is 2.68 bits per heavy atom. The van der Waals surface area contributed by atoms with Crippen LogP contribution in [0.15, 0.2) is 12.2 Å². The molecule has 0 aromatic heterocycles. The third-order valence-electron chi connectivity index (χ3n) is 3.28. The van der Waals surface area contributed by atoms with Crippen molar-refractivity contribution in [1.29, 1.82) is 0 Å². The number of nitrogens with one attached hydrogen (secondary N) is 1. The van der Waals surface area contributed by atoms with E-state index in [1.54, 1.807) is 4.90 Å². The quantitative estimate of drug-likeness (QED) is 0.580. The van der Waals surface area contributed by atoms with E-state index < -0.39 is 0 Å². The summed E-state index contributed by atoms with van der Waals surface area (Å²) < 4.78 is 0.